The van der Waals surface area contributed by atoms with Gasteiger partial charge < -0.3 is 20.4 Å². The first-order chi connectivity index (χ1) is 15.5. The lowest BCUT2D eigenvalue weighted by Crippen LogP contribution is -2.44. The lowest BCUT2D eigenvalue weighted by molar-refractivity contribution is 0.313. The smallest absolute Gasteiger partial charge is 0.227 e. The predicted octanol–water partition coefficient (Wildman–Crippen LogP) is 4.29. The van der Waals surface area contributed by atoms with Crippen molar-refractivity contribution in [3.8, 4) is 11.3 Å². The minimum atomic E-state index is 0.526. The number of likely N-dealkylation sites (N-methyl/N-ethyl adjacent to an activating group) is 1. The van der Waals surface area contributed by atoms with Crippen molar-refractivity contribution in [1.82, 2.24) is 19.9 Å². The van der Waals surface area contributed by atoms with E-state index in [0.717, 1.165) is 70.7 Å². The summed E-state index contributed by atoms with van der Waals surface area (Å²) in [7, 11) is 2.15. The molecule has 0 saturated carbocycles. The van der Waals surface area contributed by atoms with Crippen LogP contribution in [0.5, 0.6) is 0 Å². The predicted molar refractivity (Wildman–Crippen MR) is 134 cm³/mol. The number of nitrogens with zero attached hydrogens (tertiary/aromatic N) is 5. The third kappa shape index (κ3) is 4.26. The SMILES string of the molecule is Cc1ncc(N2CCN(C)CC2)cc1Nc1ncc2c(n1)-c1ccc(Cl)cc1NC(=S)C2. The monoisotopic (exact) mass is 465 g/mol. The van der Waals surface area contributed by atoms with Gasteiger partial charge in [0.1, 0.15) is 0 Å². The van der Waals surface area contributed by atoms with E-state index in [1.54, 1.807) is 0 Å². The fourth-order valence-corrected chi connectivity index (χ4v) is 4.47. The molecule has 0 aliphatic carbocycles. The molecular formula is C23H24ClN7S. The zero-order valence-electron chi connectivity index (χ0n) is 18.0. The summed E-state index contributed by atoms with van der Waals surface area (Å²) < 4.78 is 0. The van der Waals surface area contributed by atoms with Crippen LogP contribution in [0.1, 0.15) is 11.3 Å². The molecule has 0 atom stereocenters. The largest absolute Gasteiger partial charge is 0.368 e. The van der Waals surface area contributed by atoms with Crippen LogP contribution in [0.15, 0.2) is 36.7 Å². The molecule has 0 bridgehead atoms. The van der Waals surface area contributed by atoms with E-state index in [0.29, 0.717) is 17.4 Å². The van der Waals surface area contributed by atoms with Gasteiger partial charge >= 0.3 is 0 Å². The number of thiocarbonyl (C=S) groups is 1. The van der Waals surface area contributed by atoms with Gasteiger partial charge in [0, 0.05) is 60.6 Å². The van der Waals surface area contributed by atoms with Crippen LogP contribution in [0.3, 0.4) is 0 Å². The van der Waals surface area contributed by atoms with Crippen LogP contribution in [0, 0.1) is 6.92 Å². The van der Waals surface area contributed by atoms with Crippen LogP contribution < -0.4 is 15.5 Å². The lowest BCUT2D eigenvalue weighted by atomic mass is 10.1. The van der Waals surface area contributed by atoms with Gasteiger partial charge in [-0.15, -0.1) is 0 Å². The number of anilines is 4. The van der Waals surface area contributed by atoms with Gasteiger partial charge in [0.2, 0.25) is 5.95 Å². The third-order valence-electron chi connectivity index (χ3n) is 5.91. The molecular weight excluding hydrogens is 442 g/mol. The van der Waals surface area contributed by atoms with Gasteiger partial charge in [-0.2, -0.15) is 0 Å². The number of aryl methyl sites for hydroxylation is 1. The first-order valence-corrected chi connectivity index (χ1v) is 11.4. The highest BCUT2D eigenvalue weighted by Gasteiger charge is 2.20. The highest BCUT2D eigenvalue weighted by molar-refractivity contribution is 7.80. The molecule has 5 rings (SSSR count). The first-order valence-electron chi connectivity index (χ1n) is 10.6. The molecule has 1 saturated heterocycles. The number of benzene rings is 1. The van der Waals surface area contributed by atoms with Crippen molar-refractivity contribution in [2.45, 2.75) is 13.3 Å². The average Bonchev–Trinajstić information content (AvgIpc) is 2.90. The summed E-state index contributed by atoms with van der Waals surface area (Å²) in [5.74, 6) is 0.526. The van der Waals surface area contributed by atoms with E-state index >= 15 is 0 Å². The molecule has 0 spiro atoms. The Kier molecular flexibility index (Phi) is 5.67. The Morgan fingerprint density at radius 1 is 1.09 bits per heavy atom. The van der Waals surface area contributed by atoms with Crippen molar-refractivity contribution in [2.24, 2.45) is 0 Å². The van der Waals surface area contributed by atoms with Crippen LogP contribution >= 0.6 is 23.8 Å². The quantitative estimate of drug-likeness (QED) is 0.555. The summed E-state index contributed by atoms with van der Waals surface area (Å²) in [6.07, 6.45) is 4.36. The summed E-state index contributed by atoms with van der Waals surface area (Å²) in [4.78, 5) is 19.5. The number of hydrogen-bond donors (Lipinski definition) is 2. The summed E-state index contributed by atoms with van der Waals surface area (Å²) in [6.45, 7) is 6.05. The number of rotatable bonds is 3. The van der Waals surface area contributed by atoms with Gasteiger partial charge in [-0.1, -0.05) is 23.8 Å². The fraction of sp³-hybridized carbons (Fsp3) is 0.304. The fourth-order valence-electron chi connectivity index (χ4n) is 4.03. The van der Waals surface area contributed by atoms with Crippen LogP contribution in [0.25, 0.3) is 11.3 Å². The van der Waals surface area contributed by atoms with Crippen molar-refractivity contribution in [3.05, 3.63) is 52.9 Å². The molecule has 1 fully saturated rings. The molecule has 0 radical (unpaired) electrons. The molecule has 164 valence electrons. The van der Waals surface area contributed by atoms with Crippen molar-refractivity contribution < 1.29 is 0 Å². The topological polar surface area (TPSA) is 69.2 Å². The summed E-state index contributed by atoms with van der Waals surface area (Å²) >= 11 is 11.7. The second kappa shape index (κ2) is 8.61. The minimum Gasteiger partial charge on any atom is -0.368 e. The lowest BCUT2D eigenvalue weighted by Gasteiger charge is -2.34. The average molecular weight is 466 g/mol. The third-order valence-corrected chi connectivity index (χ3v) is 6.40. The summed E-state index contributed by atoms with van der Waals surface area (Å²) in [5, 5.41) is 7.31. The van der Waals surface area contributed by atoms with Crippen LogP contribution in [-0.4, -0.2) is 58.1 Å². The van der Waals surface area contributed by atoms with E-state index in [1.165, 1.54) is 0 Å². The van der Waals surface area contributed by atoms with E-state index in [9.17, 15) is 0 Å². The van der Waals surface area contributed by atoms with E-state index in [2.05, 4.69) is 43.5 Å². The molecule has 1 aromatic carbocycles. The maximum atomic E-state index is 6.21. The van der Waals surface area contributed by atoms with Gasteiger partial charge in [0.05, 0.1) is 33.9 Å². The molecule has 2 aromatic heterocycles. The van der Waals surface area contributed by atoms with E-state index in [-0.39, 0.29) is 0 Å². The highest BCUT2D eigenvalue weighted by Crippen LogP contribution is 2.35. The molecule has 2 aliphatic rings. The molecule has 2 aliphatic heterocycles. The maximum Gasteiger partial charge on any atom is 0.227 e. The number of fused-ring (bicyclic) bond motifs is 3. The summed E-state index contributed by atoms with van der Waals surface area (Å²) in [6, 6.07) is 7.84. The molecule has 9 heteroatoms. The molecule has 32 heavy (non-hydrogen) atoms. The Morgan fingerprint density at radius 2 is 1.91 bits per heavy atom. The Morgan fingerprint density at radius 3 is 2.72 bits per heavy atom. The Bertz CT molecular complexity index is 1190. The van der Waals surface area contributed by atoms with Gasteiger partial charge in [-0.05, 0) is 38.2 Å². The van der Waals surface area contributed by atoms with Crippen molar-refractivity contribution in [2.75, 3.05) is 48.8 Å². The van der Waals surface area contributed by atoms with Gasteiger partial charge in [0.25, 0.3) is 0 Å². The molecule has 0 amide bonds. The standard InChI is InChI=1S/C23H24ClN7S/c1-14-19(11-17(13-25-14)31-7-5-30(2)6-8-31)28-23-26-12-15-9-21(32)27-20-10-16(24)3-4-18(20)22(15)29-23/h3-4,10-13H,5-9H2,1-2H3,(H,27,32)(H,26,28,29). The van der Waals surface area contributed by atoms with Crippen LogP contribution in [0.4, 0.5) is 23.0 Å². The maximum absolute atomic E-state index is 6.21. The summed E-state index contributed by atoms with van der Waals surface area (Å²) in [5.41, 5.74) is 6.56. The number of nitrogens with one attached hydrogen (secondary N) is 2. The Hall–Kier alpha value is -2.81. The number of aromatic nitrogens is 3. The Labute approximate surface area is 197 Å². The normalized spacial score (nSPS) is 16.1. The number of halogens is 1. The van der Waals surface area contributed by atoms with E-state index in [1.807, 2.05) is 37.5 Å². The van der Waals surface area contributed by atoms with Crippen molar-refractivity contribution in [1.29, 1.82) is 0 Å². The van der Waals surface area contributed by atoms with E-state index in [4.69, 9.17) is 28.8 Å². The number of piperazine rings is 1. The van der Waals surface area contributed by atoms with Gasteiger partial charge in [0.15, 0.2) is 0 Å². The van der Waals surface area contributed by atoms with E-state index < -0.39 is 0 Å². The molecule has 0 unspecified atom stereocenters. The molecule has 4 heterocycles. The van der Waals surface area contributed by atoms with Crippen LogP contribution in [-0.2, 0) is 6.42 Å². The van der Waals surface area contributed by atoms with Gasteiger partial charge in [-0.25, -0.2) is 9.97 Å². The second-order valence-corrected chi connectivity index (χ2v) is 9.15. The minimum absolute atomic E-state index is 0.526. The molecule has 3 aromatic rings. The Balaban J connectivity index is 1.47. The molecule has 2 N–H and O–H groups in total. The van der Waals surface area contributed by atoms with Crippen molar-refractivity contribution >= 4 is 51.8 Å². The first kappa shape index (κ1) is 21.1. The number of pyridine rings is 1. The van der Waals surface area contributed by atoms with Gasteiger partial charge in [-0.3, -0.25) is 4.98 Å². The second-order valence-electron chi connectivity index (χ2n) is 8.22. The number of hydrogen-bond acceptors (Lipinski definition) is 7. The van der Waals surface area contributed by atoms with Crippen LogP contribution in [0.2, 0.25) is 5.02 Å². The molecule has 7 nitrogen and oxygen atoms in total. The zero-order chi connectivity index (χ0) is 22.2. The van der Waals surface area contributed by atoms with Crippen molar-refractivity contribution in [3.63, 3.8) is 0 Å². The highest BCUT2D eigenvalue weighted by atomic mass is 35.5. The zero-order valence-corrected chi connectivity index (χ0v) is 19.6.